The summed E-state index contributed by atoms with van der Waals surface area (Å²) in [5.41, 5.74) is 2.06. The van der Waals surface area contributed by atoms with Gasteiger partial charge in [0.15, 0.2) is 18.0 Å². The van der Waals surface area contributed by atoms with Crippen LogP contribution in [0.25, 0.3) is 11.4 Å². The summed E-state index contributed by atoms with van der Waals surface area (Å²) in [5, 5.41) is 4.14. The summed E-state index contributed by atoms with van der Waals surface area (Å²) in [6.07, 6.45) is 0. The van der Waals surface area contributed by atoms with Crippen LogP contribution >= 0.6 is 0 Å². The second-order valence-corrected chi connectivity index (χ2v) is 7.19. The molecule has 30 heavy (non-hydrogen) atoms. The molecule has 1 saturated heterocycles. The van der Waals surface area contributed by atoms with Gasteiger partial charge in [0.2, 0.25) is 5.82 Å². The Morgan fingerprint density at radius 3 is 2.33 bits per heavy atom. The van der Waals surface area contributed by atoms with Crippen molar-refractivity contribution in [1.82, 2.24) is 10.1 Å². The molecular formula is C22H27N4O4+. The van der Waals surface area contributed by atoms with Gasteiger partial charge in [-0.2, -0.15) is 4.98 Å². The Bertz CT molecular complexity index is 966. The summed E-state index contributed by atoms with van der Waals surface area (Å²) >= 11 is 0. The van der Waals surface area contributed by atoms with E-state index in [0.717, 1.165) is 44.0 Å². The molecule has 2 heterocycles. The van der Waals surface area contributed by atoms with E-state index in [1.165, 1.54) is 10.6 Å². The van der Waals surface area contributed by atoms with E-state index in [0.29, 0.717) is 23.2 Å². The monoisotopic (exact) mass is 411 g/mol. The zero-order valence-corrected chi connectivity index (χ0v) is 17.6. The molecule has 1 aliphatic rings. The van der Waals surface area contributed by atoms with Gasteiger partial charge in [0.1, 0.15) is 5.75 Å². The van der Waals surface area contributed by atoms with Crippen molar-refractivity contribution in [2.24, 2.45) is 0 Å². The number of methoxy groups -OCH3 is 3. The first-order valence-corrected chi connectivity index (χ1v) is 9.97. The fourth-order valence-electron chi connectivity index (χ4n) is 3.68. The van der Waals surface area contributed by atoms with Crippen molar-refractivity contribution in [2.45, 2.75) is 6.54 Å². The summed E-state index contributed by atoms with van der Waals surface area (Å²) in [7, 11) is 4.91. The molecule has 8 nitrogen and oxygen atoms in total. The van der Waals surface area contributed by atoms with E-state index in [1.807, 2.05) is 30.3 Å². The van der Waals surface area contributed by atoms with E-state index in [2.05, 4.69) is 27.2 Å². The lowest BCUT2D eigenvalue weighted by atomic mass is 10.2. The number of anilines is 1. The normalized spacial score (nSPS) is 14.6. The molecule has 4 rings (SSSR count). The number of ether oxygens (including phenoxy) is 3. The Morgan fingerprint density at radius 2 is 1.67 bits per heavy atom. The van der Waals surface area contributed by atoms with Crippen LogP contribution in [0.5, 0.6) is 17.2 Å². The SMILES string of the molecule is COc1ccc(N2CC[NH+](Cc3nc(-c4ccc(OC)c(OC)c4)no3)CC2)cc1. The Kier molecular flexibility index (Phi) is 6.04. The third kappa shape index (κ3) is 4.33. The molecular weight excluding hydrogens is 384 g/mol. The maximum atomic E-state index is 5.51. The smallest absolute Gasteiger partial charge is 0.282 e. The van der Waals surface area contributed by atoms with Gasteiger partial charge >= 0.3 is 0 Å². The van der Waals surface area contributed by atoms with E-state index in [9.17, 15) is 0 Å². The topological polar surface area (TPSA) is 74.3 Å². The first kappa shape index (κ1) is 20.0. The summed E-state index contributed by atoms with van der Waals surface area (Å²) < 4.78 is 21.4. The van der Waals surface area contributed by atoms with E-state index < -0.39 is 0 Å². The van der Waals surface area contributed by atoms with Crippen LogP contribution in [0.2, 0.25) is 0 Å². The second kappa shape index (κ2) is 9.04. The highest BCUT2D eigenvalue weighted by Gasteiger charge is 2.23. The molecule has 0 radical (unpaired) electrons. The van der Waals surface area contributed by atoms with Crippen LogP contribution in [0.3, 0.4) is 0 Å². The van der Waals surface area contributed by atoms with Gasteiger partial charge in [0.25, 0.3) is 5.89 Å². The van der Waals surface area contributed by atoms with Crippen LogP contribution in [0, 0.1) is 0 Å². The van der Waals surface area contributed by atoms with Crippen LogP contribution in [0.1, 0.15) is 5.89 Å². The van der Waals surface area contributed by atoms with Gasteiger partial charge in [-0.05, 0) is 42.5 Å². The maximum Gasteiger partial charge on any atom is 0.282 e. The lowest BCUT2D eigenvalue weighted by Gasteiger charge is -2.33. The highest BCUT2D eigenvalue weighted by Crippen LogP contribution is 2.31. The standard InChI is InChI=1S/C22H26N4O4/c1-27-18-7-5-17(6-8-18)26-12-10-25(11-13-26)15-21-23-22(24-30-21)16-4-9-19(28-2)20(14-16)29-3/h4-9,14H,10-13,15H2,1-3H3/p+1. The first-order valence-electron chi connectivity index (χ1n) is 9.97. The summed E-state index contributed by atoms with van der Waals surface area (Å²) in [5.74, 6) is 3.39. The van der Waals surface area contributed by atoms with Crippen molar-refractivity contribution in [1.29, 1.82) is 0 Å². The lowest BCUT2D eigenvalue weighted by molar-refractivity contribution is -0.915. The van der Waals surface area contributed by atoms with Crippen molar-refractivity contribution in [2.75, 3.05) is 52.4 Å². The largest absolute Gasteiger partial charge is 0.497 e. The summed E-state index contributed by atoms with van der Waals surface area (Å²) in [6, 6.07) is 13.8. The molecule has 0 unspecified atom stereocenters. The van der Waals surface area contributed by atoms with Crippen molar-refractivity contribution >= 4 is 5.69 Å². The second-order valence-electron chi connectivity index (χ2n) is 7.19. The average Bonchev–Trinajstić information content (AvgIpc) is 3.27. The third-order valence-corrected chi connectivity index (χ3v) is 5.42. The van der Waals surface area contributed by atoms with Crippen LogP contribution in [0.15, 0.2) is 47.0 Å². The molecule has 2 aromatic carbocycles. The Balaban J connectivity index is 1.35. The molecule has 0 aliphatic carbocycles. The number of aromatic nitrogens is 2. The minimum Gasteiger partial charge on any atom is -0.497 e. The first-order chi connectivity index (χ1) is 14.7. The Hall–Kier alpha value is -3.26. The molecule has 0 spiro atoms. The fraction of sp³-hybridized carbons (Fsp3) is 0.364. The van der Waals surface area contributed by atoms with Gasteiger partial charge in [-0.3, -0.25) is 0 Å². The zero-order chi connectivity index (χ0) is 20.9. The van der Waals surface area contributed by atoms with Crippen LogP contribution in [-0.4, -0.2) is 57.6 Å². The third-order valence-electron chi connectivity index (χ3n) is 5.42. The zero-order valence-electron chi connectivity index (χ0n) is 17.6. The van der Waals surface area contributed by atoms with Gasteiger partial charge in [-0.15, -0.1) is 0 Å². The van der Waals surface area contributed by atoms with Gasteiger partial charge in [-0.1, -0.05) is 5.16 Å². The fourth-order valence-corrected chi connectivity index (χ4v) is 3.68. The summed E-state index contributed by atoms with van der Waals surface area (Å²) in [4.78, 5) is 8.41. The Morgan fingerprint density at radius 1 is 0.933 bits per heavy atom. The van der Waals surface area contributed by atoms with Crippen LogP contribution < -0.4 is 24.0 Å². The average molecular weight is 411 g/mol. The predicted molar refractivity (Wildman–Crippen MR) is 112 cm³/mol. The number of quaternary nitrogens is 1. The number of rotatable bonds is 7. The van der Waals surface area contributed by atoms with Gasteiger partial charge < -0.3 is 28.5 Å². The number of nitrogens with zero attached hydrogens (tertiary/aromatic N) is 3. The molecule has 0 saturated carbocycles. The van der Waals surface area contributed by atoms with Gasteiger partial charge in [-0.25, -0.2) is 0 Å². The number of hydrogen-bond donors (Lipinski definition) is 1. The molecule has 0 bridgehead atoms. The quantitative estimate of drug-likeness (QED) is 0.634. The van der Waals surface area contributed by atoms with E-state index in [-0.39, 0.29) is 0 Å². The molecule has 1 fully saturated rings. The van der Waals surface area contributed by atoms with Crippen molar-refractivity contribution in [3.8, 4) is 28.6 Å². The van der Waals surface area contributed by atoms with E-state index >= 15 is 0 Å². The van der Waals surface area contributed by atoms with Crippen molar-refractivity contribution < 1.29 is 23.6 Å². The minimum absolute atomic E-state index is 0.558. The van der Waals surface area contributed by atoms with Gasteiger partial charge in [0, 0.05) is 11.3 Å². The molecule has 0 atom stereocenters. The molecule has 8 heteroatoms. The summed E-state index contributed by atoms with van der Waals surface area (Å²) in [6.45, 7) is 4.72. The predicted octanol–water partition coefficient (Wildman–Crippen LogP) is 1.67. The molecule has 1 aromatic heterocycles. The lowest BCUT2D eigenvalue weighted by Crippen LogP contribution is -3.13. The molecule has 0 amide bonds. The number of benzene rings is 2. The van der Waals surface area contributed by atoms with Crippen LogP contribution in [-0.2, 0) is 6.54 Å². The maximum absolute atomic E-state index is 5.51. The van der Waals surface area contributed by atoms with Gasteiger partial charge in [0.05, 0.1) is 47.5 Å². The Labute approximate surface area is 176 Å². The molecule has 158 valence electrons. The van der Waals surface area contributed by atoms with Crippen molar-refractivity contribution in [3.63, 3.8) is 0 Å². The highest BCUT2D eigenvalue weighted by molar-refractivity contribution is 5.60. The van der Waals surface area contributed by atoms with E-state index in [1.54, 1.807) is 21.3 Å². The molecule has 1 N–H and O–H groups in total. The number of hydrogen-bond acceptors (Lipinski definition) is 7. The highest BCUT2D eigenvalue weighted by atomic mass is 16.5. The number of piperazine rings is 1. The van der Waals surface area contributed by atoms with Crippen LogP contribution in [0.4, 0.5) is 5.69 Å². The molecule has 1 aliphatic heterocycles. The molecule has 3 aromatic rings. The van der Waals surface area contributed by atoms with E-state index in [4.69, 9.17) is 18.7 Å². The minimum atomic E-state index is 0.558. The number of nitrogens with one attached hydrogen (secondary N) is 1. The van der Waals surface area contributed by atoms with Crippen molar-refractivity contribution in [3.05, 3.63) is 48.4 Å².